The lowest BCUT2D eigenvalue weighted by Crippen LogP contribution is -2.17. The van der Waals surface area contributed by atoms with Crippen LogP contribution in [0.2, 0.25) is 0 Å². The molecule has 2 aromatic heterocycles. The van der Waals surface area contributed by atoms with Gasteiger partial charge in [-0.1, -0.05) is 30.3 Å². The molecular formula is C19H15N3O3. The van der Waals surface area contributed by atoms with Crippen LogP contribution >= 0.6 is 0 Å². The lowest BCUT2D eigenvalue weighted by Gasteiger charge is -2.12. The molecule has 0 fully saturated rings. The van der Waals surface area contributed by atoms with Gasteiger partial charge in [-0.25, -0.2) is 9.78 Å². The van der Waals surface area contributed by atoms with Crippen molar-refractivity contribution in [3.8, 4) is 0 Å². The molecule has 0 amide bonds. The number of rotatable bonds is 3. The molecule has 0 aliphatic carbocycles. The molecule has 25 heavy (non-hydrogen) atoms. The van der Waals surface area contributed by atoms with Gasteiger partial charge in [-0.05, 0) is 31.2 Å². The lowest BCUT2D eigenvalue weighted by molar-refractivity contribution is 0.0314. The van der Waals surface area contributed by atoms with E-state index in [0.717, 1.165) is 10.9 Å². The molecule has 6 nitrogen and oxygen atoms in total. The highest BCUT2D eigenvalue weighted by atomic mass is 16.5. The van der Waals surface area contributed by atoms with Crippen LogP contribution in [-0.4, -0.2) is 20.9 Å². The molecule has 1 atom stereocenters. The average molecular weight is 333 g/mol. The second-order valence-electron chi connectivity index (χ2n) is 5.79. The zero-order valence-corrected chi connectivity index (χ0v) is 13.4. The zero-order valence-electron chi connectivity index (χ0n) is 13.4. The van der Waals surface area contributed by atoms with E-state index in [1.54, 1.807) is 37.3 Å². The van der Waals surface area contributed by atoms with Crippen molar-refractivity contribution in [2.75, 3.05) is 0 Å². The van der Waals surface area contributed by atoms with E-state index in [1.807, 2.05) is 24.3 Å². The molecule has 0 aliphatic heterocycles. The van der Waals surface area contributed by atoms with Gasteiger partial charge in [0.25, 0.3) is 5.56 Å². The largest absolute Gasteiger partial charge is 0.450 e. The van der Waals surface area contributed by atoms with Crippen LogP contribution < -0.4 is 5.56 Å². The molecule has 4 rings (SSSR count). The minimum atomic E-state index is -0.684. The Morgan fingerprint density at radius 3 is 2.68 bits per heavy atom. The number of benzene rings is 2. The Bertz CT molecular complexity index is 1110. The average Bonchev–Trinajstić information content (AvgIpc) is 3.06. The number of hydrogen-bond acceptors (Lipinski definition) is 4. The first kappa shape index (κ1) is 15.1. The van der Waals surface area contributed by atoms with Crippen LogP contribution in [-0.2, 0) is 4.74 Å². The zero-order chi connectivity index (χ0) is 17.4. The number of hydrogen-bond donors (Lipinski definition) is 2. The molecule has 124 valence electrons. The molecule has 6 heteroatoms. The number of esters is 1. The van der Waals surface area contributed by atoms with Gasteiger partial charge in [-0.2, -0.15) is 0 Å². The highest BCUT2D eigenvalue weighted by Gasteiger charge is 2.18. The van der Waals surface area contributed by atoms with Crippen molar-refractivity contribution < 1.29 is 9.53 Å². The third kappa shape index (κ3) is 2.78. The van der Waals surface area contributed by atoms with Crippen LogP contribution in [0.4, 0.5) is 0 Å². The van der Waals surface area contributed by atoms with Gasteiger partial charge < -0.3 is 14.7 Å². The Kier molecular flexibility index (Phi) is 3.57. The molecule has 0 bridgehead atoms. The second-order valence-corrected chi connectivity index (χ2v) is 5.79. The number of fused-ring (bicyclic) bond motifs is 2. The Hall–Kier alpha value is -3.41. The van der Waals surface area contributed by atoms with Crippen LogP contribution in [0.25, 0.3) is 21.8 Å². The van der Waals surface area contributed by atoms with Gasteiger partial charge in [0, 0.05) is 10.9 Å². The molecule has 0 unspecified atom stereocenters. The van der Waals surface area contributed by atoms with Gasteiger partial charge in [-0.3, -0.25) is 4.79 Å². The maximum Gasteiger partial charge on any atom is 0.355 e. The number of aromatic amines is 2. The standard InChI is InChI=1S/C19H15N3O3/c1-11(17-21-15-9-5-3-7-13(15)18(23)22-17)25-19(24)16-10-12-6-2-4-8-14(12)20-16/h2-11,20H,1H3,(H,21,22,23)/t11-/m0/s1. The van der Waals surface area contributed by atoms with E-state index in [0.29, 0.717) is 22.4 Å². The second kappa shape index (κ2) is 5.90. The van der Waals surface area contributed by atoms with Crippen molar-refractivity contribution in [2.24, 2.45) is 0 Å². The fourth-order valence-electron chi connectivity index (χ4n) is 2.76. The van der Waals surface area contributed by atoms with Crippen molar-refractivity contribution in [1.82, 2.24) is 15.0 Å². The fraction of sp³-hybridized carbons (Fsp3) is 0.105. The number of ether oxygens (including phenoxy) is 1. The molecule has 2 heterocycles. The number of carbonyl (C=O) groups is 1. The third-order valence-electron chi connectivity index (χ3n) is 4.05. The molecular weight excluding hydrogens is 318 g/mol. The summed E-state index contributed by atoms with van der Waals surface area (Å²) in [5.74, 6) is -0.187. The monoisotopic (exact) mass is 333 g/mol. The Morgan fingerprint density at radius 2 is 1.84 bits per heavy atom. The molecule has 4 aromatic rings. The first-order chi connectivity index (χ1) is 12.1. The predicted octanol–water partition coefficient (Wildman–Crippen LogP) is 3.32. The van der Waals surface area contributed by atoms with E-state index in [4.69, 9.17) is 4.74 Å². The minimum absolute atomic E-state index is 0.255. The van der Waals surface area contributed by atoms with E-state index in [-0.39, 0.29) is 5.56 Å². The van der Waals surface area contributed by atoms with Crippen molar-refractivity contribution in [1.29, 1.82) is 0 Å². The highest BCUT2D eigenvalue weighted by Crippen LogP contribution is 2.19. The summed E-state index contributed by atoms with van der Waals surface area (Å²) in [5.41, 5.74) is 1.53. The fourth-order valence-corrected chi connectivity index (χ4v) is 2.76. The summed E-state index contributed by atoms with van der Waals surface area (Å²) in [6.45, 7) is 1.67. The number of aromatic nitrogens is 3. The number of para-hydroxylation sites is 2. The SMILES string of the molecule is C[C@H](OC(=O)c1cc2ccccc2[nH]1)c1nc2ccccc2c(=O)[nH]1. The van der Waals surface area contributed by atoms with Crippen LogP contribution in [0.3, 0.4) is 0 Å². The Labute approximate surface area is 142 Å². The van der Waals surface area contributed by atoms with Gasteiger partial charge in [0.15, 0.2) is 11.9 Å². The van der Waals surface area contributed by atoms with Crippen molar-refractivity contribution in [3.63, 3.8) is 0 Å². The van der Waals surface area contributed by atoms with Gasteiger partial charge in [0.1, 0.15) is 5.69 Å². The molecule has 0 spiro atoms. The summed E-state index contributed by atoms with van der Waals surface area (Å²) in [7, 11) is 0. The molecule has 2 N–H and O–H groups in total. The van der Waals surface area contributed by atoms with Gasteiger partial charge >= 0.3 is 5.97 Å². The molecule has 0 radical (unpaired) electrons. The van der Waals surface area contributed by atoms with Crippen LogP contribution in [0.1, 0.15) is 29.3 Å². The minimum Gasteiger partial charge on any atom is -0.450 e. The van der Waals surface area contributed by atoms with Gasteiger partial charge in [0.05, 0.1) is 10.9 Å². The number of nitrogens with zero attached hydrogens (tertiary/aromatic N) is 1. The van der Waals surface area contributed by atoms with E-state index >= 15 is 0 Å². The summed E-state index contributed by atoms with van der Waals surface area (Å²) in [6.07, 6.45) is -0.684. The van der Waals surface area contributed by atoms with Crippen molar-refractivity contribution in [3.05, 3.63) is 76.5 Å². The molecule has 2 aromatic carbocycles. The van der Waals surface area contributed by atoms with Gasteiger partial charge in [-0.15, -0.1) is 0 Å². The summed E-state index contributed by atoms with van der Waals surface area (Å²) >= 11 is 0. The predicted molar refractivity (Wildman–Crippen MR) is 94.5 cm³/mol. The van der Waals surface area contributed by atoms with Gasteiger partial charge in [0.2, 0.25) is 0 Å². The topological polar surface area (TPSA) is 87.8 Å². The van der Waals surface area contributed by atoms with E-state index in [9.17, 15) is 9.59 Å². The van der Waals surface area contributed by atoms with Crippen LogP contribution in [0.5, 0.6) is 0 Å². The van der Waals surface area contributed by atoms with Crippen molar-refractivity contribution >= 4 is 27.8 Å². The van der Waals surface area contributed by atoms with E-state index in [1.165, 1.54) is 0 Å². The third-order valence-corrected chi connectivity index (χ3v) is 4.05. The molecule has 0 saturated carbocycles. The summed E-state index contributed by atoms with van der Waals surface area (Å²) in [5, 5.41) is 1.43. The first-order valence-corrected chi connectivity index (χ1v) is 7.89. The highest BCUT2D eigenvalue weighted by molar-refractivity contribution is 5.94. The maximum atomic E-state index is 12.4. The number of nitrogens with one attached hydrogen (secondary N) is 2. The molecule has 0 saturated heterocycles. The van der Waals surface area contributed by atoms with E-state index < -0.39 is 12.1 Å². The summed E-state index contributed by atoms with van der Waals surface area (Å²) < 4.78 is 5.45. The van der Waals surface area contributed by atoms with E-state index in [2.05, 4.69) is 15.0 Å². The summed E-state index contributed by atoms with van der Waals surface area (Å²) in [6, 6.07) is 16.4. The van der Waals surface area contributed by atoms with Crippen LogP contribution in [0, 0.1) is 0 Å². The summed E-state index contributed by atoms with van der Waals surface area (Å²) in [4.78, 5) is 34.6. The number of carbonyl (C=O) groups excluding carboxylic acids is 1. The Morgan fingerprint density at radius 1 is 1.08 bits per heavy atom. The Balaban J connectivity index is 1.62. The molecule has 0 aliphatic rings. The smallest absolute Gasteiger partial charge is 0.355 e. The first-order valence-electron chi connectivity index (χ1n) is 7.89. The number of H-pyrrole nitrogens is 2. The van der Waals surface area contributed by atoms with Crippen LogP contribution in [0.15, 0.2) is 59.4 Å². The lowest BCUT2D eigenvalue weighted by atomic mass is 10.2. The maximum absolute atomic E-state index is 12.4. The quantitative estimate of drug-likeness (QED) is 0.563. The van der Waals surface area contributed by atoms with Crippen molar-refractivity contribution in [2.45, 2.75) is 13.0 Å². The normalized spacial score (nSPS) is 12.4.